The van der Waals surface area contributed by atoms with E-state index in [4.69, 9.17) is 0 Å². The van der Waals surface area contributed by atoms with Crippen molar-refractivity contribution in [1.29, 1.82) is 0 Å². The number of benzene rings is 1. The third-order valence-electron chi connectivity index (χ3n) is 1.36. The first kappa shape index (κ1) is 7.13. The lowest BCUT2D eigenvalue weighted by Crippen LogP contribution is -1.78. The molecule has 0 saturated carbocycles. The molecule has 0 aliphatic rings. The van der Waals surface area contributed by atoms with E-state index in [9.17, 15) is 5.11 Å². The van der Waals surface area contributed by atoms with Crippen molar-refractivity contribution in [2.24, 2.45) is 0 Å². The van der Waals surface area contributed by atoms with Crippen molar-refractivity contribution in [2.45, 2.75) is 13.3 Å². The number of hydrogen-bond donors (Lipinski definition) is 1. The van der Waals surface area contributed by atoms with Crippen LogP contribution in [-0.4, -0.2) is 5.11 Å². The van der Waals surface area contributed by atoms with Crippen molar-refractivity contribution in [3.63, 3.8) is 0 Å². The summed E-state index contributed by atoms with van der Waals surface area (Å²) in [6, 6.07) is 7.34. The summed E-state index contributed by atoms with van der Waals surface area (Å²) in [6.07, 6.45) is 2.95. The molecule has 1 nitrogen and oxygen atoms in total. The van der Waals surface area contributed by atoms with E-state index in [2.05, 4.69) is 0 Å². The fourth-order valence-electron chi connectivity index (χ4n) is 0.880. The summed E-state index contributed by atoms with van der Waals surface area (Å²) in [5.74, 6) is 0.365. The van der Waals surface area contributed by atoms with Crippen LogP contribution in [-0.2, 0) is 0 Å². The van der Waals surface area contributed by atoms with Crippen LogP contribution in [0.4, 0.5) is 0 Å². The molecule has 0 spiro atoms. The minimum atomic E-state index is 0.365. The van der Waals surface area contributed by atoms with Gasteiger partial charge in [0.15, 0.2) is 0 Å². The van der Waals surface area contributed by atoms with Crippen molar-refractivity contribution in [3.8, 4) is 5.75 Å². The average molecular weight is 135 g/mol. The van der Waals surface area contributed by atoms with Crippen LogP contribution < -0.4 is 0 Å². The summed E-state index contributed by atoms with van der Waals surface area (Å²) < 4.78 is 0. The van der Waals surface area contributed by atoms with E-state index in [1.807, 2.05) is 31.5 Å². The number of aromatic hydroxyl groups is 1. The fraction of sp³-hybridized carbons (Fsp3) is 0.222. The molecule has 1 aromatic carbocycles. The highest BCUT2D eigenvalue weighted by Gasteiger charge is 1.95. The average Bonchev–Trinajstić information content (AvgIpc) is 1.94. The van der Waals surface area contributed by atoms with E-state index >= 15 is 0 Å². The maximum atomic E-state index is 9.21. The summed E-state index contributed by atoms with van der Waals surface area (Å²) in [4.78, 5) is 0. The Kier molecular flexibility index (Phi) is 2.32. The van der Waals surface area contributed by atoms with Crippen LogP contribution in [0.2, 0.25) is 0 Å². The highest BCUT2D eigenvalue weighted by atomic mass is 16.3. The van der Waals surface area contributed by atoms with Gasteiger partial charge in [0.2, 0.25) is 0 Å². The summed E-state index contributed by atoms with van der Waals surface area (Å²) in [6.45, 7) is 2.05. The molecule has 1 N–H and O–H groups in total. The van der Waals surface area contributed by atoms with Crippen molar-refractivity contribution in [3.05, 3.63) is 36.2 Å². The third-order valence-corrected chi connectivity index (χ3v) is 1.36. The monoisotopic (exact) mass is 135 g/mol. The second-order valence-corrected chi connectivity index (χ2v) is 2.17. The van der Waals surface area contributed by atoms with Gasteiger partial charge >= 0.3 is 0 Å². The minimum Gasteiger partial charge on any atom is -0.508 e. The fourth-order valence-corrected chi connectivity index (χ4v) is 0.880. The van der Waals surface area contributed by atoms with Crippen LogP contribution in [0.5, 0.6) is 5.75 Å². The van der Waals surface area contributed by atoms with Crippen molar-refractivity contribution >= 4 is 0 Å². The molecule has 0 heterocycles. The first-order chi connectivity index (χ1) is 4.84. The van der Waals surface area contributed by atoms with Gasteiger partial charge in [-0.05, 0) is 24.5 Å². The van der Waals surface area contributed by atoms with Gasteiger partial charge in [-0.15, -0.1) is 0 Å². The van der Waals surface area contributed by atoms with E-state index in [0.717, 1.165) is 12.0 Å². The molecule has 53 valence electrons. The lowest BCUT2D eigenvalue weighted by atomic mass is 10.1. The van der Waals surface area contributed by atoms with Gasteiger partial charge in [-0.3, -0.25) is 0 Å². The molecule has 1 heteroatoms. The van der Waals surface area contributed by atoms with E-state index < -0.39 is 0 Å². The highest BCUT2D eigenvalue weighted by molar-refractivity contribution is 5.36. The quantitative estimate of drug-likeness (QED) is 0.660. The molecule has 0 fully saturated rings. The zero-order chi connectivity index (χ0) is 7.40. The van der Waals surface area contributed by atoms with Crippen LogP contribution in [0.3, 0.4) is 0 Å². The van der Waals surface area contributed by atoms with Crippen LogP contribution in [0.15, 0.2) is 24.3 Å². The maximum Gasteiger partial charge on any atom is 0.119 e. The topological polar surface area (TPSA) is 20.2 Å². The number of para-hydroxylation sites is 1. The van der Waals surface area contributed by atoms with Crippen molar-refractivity contribution in [1.82, 2.24) is 0 Å². The van der Waals surface area contributed by atoms with Gasteiger partial charge in [0.25, 0.3) is 0 Å². The zero-order valence-corrected chi connectivity index (χ0v) is 6.04. The summed E-state index contributed by atoms with van der Waals surface area (Å²) in [5.41, 5.74) is 0.921. The molecular weight excluding hydrogens is 124 g/mol. The SMILES string of the molecule is CC[CH]c1ccccc1O. The second kappa shape index (κ2) is 3.25. The van der Waals surface area contributed by atoms with Crippen LogP contribution in [0.25, 0.3) is 0 Å². The van der Waals surface area contributed by atoms with Gasteiger partial charge in [0.1, 0.15) is 5.75 Å². The lowest BCUT2D eigenvalue weighted by molar-refractivity contribution is 0.471. The molecule has 0 saturated heterocycles. The third kappa shape index (κ3) is 1.50. The number of phenolic OH excluding ortho intramolecular Hbond substituents is 1. The van der Waals surface area contributed by atoms with Gasteiger partial charge in [-0.2, -0.15) is 0 Å². The van der Waals surface area contributed by atoms with E-state index in [1.54, 1.807) is 6.07 Å². The van der Waals surface area contributed by atoms with Gasteiger partial charge < -0.3 is 5.11 Å². The summed E-state index contributed by atoms with van der Waals surface area (Å²) in [5, 5.41) is 9.21. The summed E-state index contributed by atoms with van der Waals surface area (Å²) >= 11 is 0. The van der Waals surface area contributed by atoms with Crippen LogP contribution >= 0.6 is 0 Å². The predicted octanol–water partition coefficient (Wildman–Crippen LogP) is 2.35. The van der Waals surface area contributed by atoms with Crippen LogP contribution in [0.1, 0.15) is 18.9 Å². The molecule has 0 amide bonds. The molecule has 10 heavy (non-hydrogen) atoms. The molecule has 0 atom stereocenters. The molecule has 0 bridgehead atoms. The largest absolute Gasteiger partial charge is 0.508 e. The number of rotatable bonds is 2. The first-order valence-corrected chi connectivity index (χ1v) is 3.45. The Morgan fingerprint density at radius 3 is 2.70 bits per heavy atom. The molecular formula is C9H11O. The Bertz CT molecular complexity index is 206. The lowest BCUT2D eigenvalue weighted by Gasteiger charge is -1.99. The number of hydrogen-bond acceptors (Lipinski definition) is 1. The first-order valence-electron chi connectivity index (χ1n) is 3.45. The smallest absolute Gasteiger partial charge is 0.119 e. The Morgan fingerprint density at radius 1 is 1.40 bits per heavy atom. The molecule has 0 aliphatic carbocycles. The zero-order valence-electron chi connectivity index (χ0n) is 6.04. The van der Waals surface area contributed by atoms with Gasteiger partial charge in [0, 0.05) is 0 Å². The van der Waals surface area contributed by atoms with E-state index in [0.29, 0.717) is 5.75 Å². The molecule has 1 rings (SSSR count). The second-order valence-electron chi connectivity index (χ2n) is 2.17. The van der Waals surface area contributed by atoms with E-state index in [1.165, 1.54) is 0 Å². The maximum absolute atomic E-state index is 9.21. The normalized spacial score (nSPS) is 9.70. The Morgan fingerprint density at radius 2 is 2.10 bits per heavy atom. The standard InChI is InChI=1S/C9H11O/c1-2-5-8-6-3-4-7-9(8)10/h3-7,10H,2H2,1H3. The van der Waals surface area contributed by atoms with Gasteiger partial charge in [0.05, 0.1) is 0 Å². The van der Waals surface area contributed by atoms with Crippen LogP contribution in [0, 0.1) is 6.42 Å². The van der Waals surface area contributed by atoms with Crippen molar-refractivity contribution < 1.29 is 5.11 Å². The molecule has 0 unspecified atom stereocenters. The molecule has 1 aromatic rings. The Balaban J connectivity index is 2.81. The molecule has 0 aromatic heterocycles. The minimum absolute atomic E-state index is 0.365. The highest BCUT2D eigenvalue weighted by Crippen LogP contribution is 2.17. The van der Waals surface area contributed by atoms with Gasteiger partial charge in [-0.1, -0.05) is 25.1 Å². The predicted molar refractivity (Wildman–Crippen MR) is 41.8 cm³/mol. The van der Waals surface area contributed by atoms with Gasteiger partial charge in [-0.25, -0.2) is 0 Å². The molecule has 0 aliphatic heterocycles. The summed E-state index contributed by atoms with van der Waals surface area (Å²) in [7, 11) is 0. The Labute approximate surface area is 61.3 Å². The molecule has 1 radical (unpaired) electrons. The van der Waals surface area contributed by atoms with Crippen molar-refractivity contribution in [2.75, 3.05) is 0 Å². The number of phenols is 1. The Hall–Kier alpha value is -0.980. The van der Waals surface area contributed by atoms with E-state index in [-0.39, 0.29) is 0 Å².